The van der Waals surface area contributed by atoms with Crippen LogP contribution in [0.25, 0.3) is 0 Å². The summed E-state index contributed by atoms with van der Waals surface area (Å²) in [6.07, 6.45) is 5.04. The van der Waals surface area contributed by atoms with Crippen LogP contribution in [0, 0.1) is 6.92 Å². The second kappa shape index (κ2) is 7.13. The van der Waals surface area contributed by atoms with Crippen molar-refractivity contribution in [1.82, 2.24) is 0 Å². The Labute approximate surface area is 117 Å². The van der Waals surface area contributed by atoms with Gasteiger partial charge in [-0.2, -0.15) is 0 Å². The number of hydrogen-bond acceptors (Lipinski definition) is 0. The Kier molecular flexibility index (Phi) is 5.20. The highest BCUT2D eigenvalue weighted by Crippen LogP contribution is 2.27. The van der Waals surface area contributed by atoms with Gasteiger partial charge in [0.15, 0.2) is 0 Å². The zero-order valence-corrected chi connectivity index (χ0v) is 12.1. The van der Waals surface area contributed by atoms with Crippen LogP contribution in [0.15, 0.2) is 54.6 Å². The molecule has 1 atom stereocenters. The molecule has 0 spiro atoms. The van der Waals surface area contributed by atoms with E-state index in [2.05, 4.69) is 68.4 Å². The van der Waals surface area contributed by atoms with Gasteiger partial charge in [0, 0.05) is 0 Å². The van der Waals surface area contributed by atoms with Crippen molar-refractivity contribution in [2.24, 2.45) is 0 Å². The molecule has 1 unspecified atom stereocenters. The number of rotatable bonds is 6. The van der Waals surface area contributed by atoms with Gasteiger partial charge in [-0.3, -0.25) is 0 Å². The average Bonchev–Trinajstić information content (AvgIpc) is 2.46. The Bertz CT molecular complexity index is 484. The normalized spacial score (nSPS) is 12.3. The lowest BCUT2D eigenvalue weighted by atomic mass is 9.86. The molecule has 0 aromatic heterocycles. The van der Waals surface area contributed by atoms with Crippen molar-refractivity contribution in [2.45, 2.75) is 45.4 Å². The van der Waals surface area contributed by atoms with Crippen LogP contribution in [0.5, 0.6) is 0 Å². The second-order valence-electron chi connectivity index (χ2n) is 5.38. The fourth-order valence-corrected chi connectivity index (χ4v) is 2.67. The molecule has 0 fully saturated rings. The van der Waals surface area contributed by atoms with Gasteiger partial charge in [-0.25, -0.2) is 0 Å². The largest absolute Gasteiger partial charge is 0.0654 e. The van der Waals surface area contributed by atoms with Crippen LogP contribution in [0.3, 0.4) is 0 Å². The van der Waals surface area contributed by atoms with E-state index >= 15 is 0 Å². The molecule has 0 N–H and O–H groups in total. The Morgan fingerprint density at radius 1 is 0.895 bits per heavy atom. The summed E-state index contributed by atoms with van der Waals surface area (Å²) in [5.41, 5.74) is 4.39. The van der Waals surface area contributed by atoms with Crippen LogP contribution in [0.2, 0.25) is 0 Å². The second-order valence-corrected chi connectivity index (χ2v) is 5.38. The van der Waals surface area contributed by atoms with Crippen molar-refractivity contribution in [1.29, 1.82) is 0 Å². The SMILES string of the molecule is CCCCC(Cc1ccccc1C)c1ccccc1. The van der Waals surface area contributed by atoms with Crippen LogP contribution in [0.4, 0.5) is 0 Å². The number of unbranched alkanes of at least 4 members (excludes halogenated alkanes) is 1. The lowest BCUT2D eigenvalue weighted by Crippen LogP contribution is -2.04. The molecule has 0 heteroatoms. The van der Waals surface area contributed by atoms with E-state index in [1.54, 1.807) is 0 Å². The molecule has 0 saturated carbocycles. The Morgan fingerprint density at radius 3 is 2.26 bits per heavy atom. The first-order valence-electron chi connectivity index (χ1n) is 7.40. The standard InChI is InChI=1S/C19H24/c1-3-4-11-19(17-12-6-5-7-13-17)15-18-14-9-8-10-16(18)2/h5-10,12-14,19H,3-4,11,15H2,1-2H3. The zero-order chi connectivity index (χ0) is 13.5. The summed E-state index contributed by atoms with van der Waals surface area (Å²) in [5.74, 6) is 0.655. The molecule has 0 aliphatic rings. The van der Waals surface area contributed by atoms with Gasteiger partial charge in [0.2, 0.25) is 0 Å². The third-order valence-corrected chi connectivity index (χ3v) is 3.90. The van der Waals surface area contributed by atoms with Crippen molar-refractivity contribution < 1.29 is 0 Å². The van der Waals surface area contributed by atoms with Crippen molar-refractivity contribution in [2.75, 3.05) is 0 Å². The highest BCUT2D eigenvalue weighted by atomic mass is 14.2. The molecule has 0 bridgehead atoms. The summed E-state index contributed by atoms with van der Waals surface area (Å²) in [5, 5.41) is 0. The van der Waals surface area contributed by atoms with Gasteiger partial charge in [-0.1, -0.05) is 74.4 Å². The van der Waals surface area contributed by atoms with Crippen LogP contribution < -0.4 is 0 Å². The Balaban J connectivity index is 2.17. The molecular weight excluding hydrogens is 228 g/mol. The minimum atomic E-state index is 0.655. The molecule has 0 saturated heterocycles. The first-order valence-corrected chi connectivity index (χ1v) is 7.40. The summed E-state index contributed by atoms with van der Waals surface area (Å²) >= 11 is 0. The molecule has 2 aromatic carbocycles. The zero-order valence-electron chi connectivity index (χ0n) is 12.1. The smallest absolute Gasteiger partial charge is 0.0121 e. The third-order valence-electron chi connectivity index (χ3n) is 3.90. The lowest BCUT2D eigenvalue weighted by Gasteiger charge is -2.18. The van der Waals surface area contributed by atoms with E-state index in [0.717, 1.165) is 6.42 Å². The van der Waals surface area contributed by atoms with Crippen LogP contribution in [-0.2, 0) is 6.42 Å². The van der Waals surface area contributed by atoms with Crippen molar-refractivity contribution in [3.05, 3.63) is 71.3 Å². The first kappa shape index (κ1) is 13.9. The molecule has 19 heavy (non-hydrogen) atoms. The molecule has 0 amide bonds. The van der Waals surface area contributed by atoms with Crippen molar-refractivity contribution in [3.8, 4) is 0 Å². The quantitative estimate of drug-likeness (QED) is 0.635. The van der Waals surface area contributed by atoms with Gasteiger partial charge in [-0.15, -0.1) is 0 Å². The van der Waals surface area contributed by atoms with Gasteiger partial charge in [0.25, 0.3) is 0 Å². The van der Waals surface area contributed by atoms with Gasteiger partial charge in [0.1, 0.15) is 0 Å². The van der Waals surface area contributed by atoms with Gasteiger partial charge in [0.05, 0.1) is 0 Å². The Morgan fingerprint density at radius 2 is 1.58 bits per heavy atom. The van der Waals surface area contributed by atoms with Crippen LogP contribution >= 0.6 is 0 Å². The van der Waals surface area contributed by atoms with E-state index in [1.807, 2.05) is 0 Å². The number of hydrogen-bond donors (Lipinski definition) is 0. The summed E-state index contributed by atoms with van der Waals surface area (Å²) in [6.45, 7) is 4.49. The monoisotopic (exact) mass is 252 g/mol. The van der Waals surface area contributed by atoms with Gasteiger partial charge < -0.3 is 0 Å². The van der Waals surface area contributed by atoms with Crippen LogP contribution in [-0.4, -0.2) is 0 Å². The molecule has 0 heterocycles. The summed E-state index contributed by atoms with van der Waals surface area (Å²) < 4.78 is 0. The highest BCUT2D eigenvalue weighted by Gasteiger charge is 2.12. The fourth-order valence-electron chi connectivity index (χ4n) is 2.67. The van der Waals surface area contributed by atoms with E-state index in [0.29, 0.717) is 5.92 Å². The third kappa shape index (κ3) is 3.96. The number of aryl methyl sites for hydroxylation is 1. The maximum atomic E-state index is 2.28. The van der Waals surface area contributed by atoms with Crippen molar-refractivity contribution >= 4 is 0 Å². The summed E-state index contributed by atoms with van der Waals surface area (Å²) in [7, 11) is 0. The molecule has 2 aromatic rings. The molecule has 2 rings (SSSR count). The maximum Gasteiger partial charge on any atom is -0.0121 e. The minimum absolute atomic E-state index is 0.655. The average molecular weight is 252 g/mol. The maximum absolute atomic E-state index is 2.28. The molecular formula is C19H24. The van der Waals surface area contributed by atoms with E-state index < -0.39 is 0 Å². The molecule has 0 aliphatic carbocycles. The minimum Gasteiger partial charge on any atom is -0.0654 e. The van der Waals surface area contributed by atoms with Crippen molar-refractivity contribution in [3.63, 3.8) is 0 Å². The van der Waals surface area contributed by atoms with Crippen LogP contribution in [0.1, 0.15) is 48.8 Å². The van der Waals surface area contributed by atoms with E-state index in [-0.39, 0.29) is 0 Å². The lowest BCUT2D eigenvalue weighted by molar-refractivity contribution is 0.580. The highest BCUT2D eigenvalue weighted by molar-refractivity contribution is 5.29. The molecule has 0 aliphatic heterocycles. The van der Waals surface area contributed by atoms with Gasteiger partial charge >= 0.3 is 0 Å². The number of benzene rings is 2. The predicted octanol–water partition coefficient (Wildman–Crippen LogP) is 5.51. The molecule has 0 radical (unpaired) electrons. The van der Waals surface area contributed by atoms with Gasteiger partial charge in [-0.05, 0) is 42.4 Å². The molecule has 0 nitrogen and oxygen atoms in total. The summed E-state index contributed by atoms with van der Waals surface area (Å²) in [6, 6.07) is 19.8. The van der Waals surface area contributed by atoms with E-state index in [9.17, 15) is 0 Å². The fraction of sp³-hybridized carbons (Fsp3) is 0.368. The van der Waals surface area contributed by atoms with E-state index in [1.165, 1.54) is 36.0 Å². The van der Waals surface area contributed by atoms with E-state index in [4.69, 9.17) is 0 Å². The predicted molar refractivity (Wildman–Crippen MR) is 83.6 cm³/mol. The first-order chi connectivity index (χ1) is 9.31. The summed E-state index contributed by atoms with van der Waals surface area (Å²) in [4.78, 5) is 0. The molecule has 100 valence electrons. The Hall–Kier alpha value is -1.56. The topological polar surface area (TPSA) is 0 Å².